The van der Waals surface area contributed by atoms with E-state index in [1.807, 2.05) is 13.8 Å². The molecule has 0 bridgehead atoms. The lowest BCUT2D eigenvalue weighted by atomic mass is 9.94. The third-order valence-corrected chi connectivity index (χ3v) is 5.52. The van der Waals surface area contributed by atoms with E-state index in [2.05, 4.69) is 0 Å². The van der Waals surface area contributed by atoms with Gasteiger partial charge in [-0.1, -0.05) is 52.7 Å². The Morgan fingerprint density at radius 3 is 1.69 bits per heavy atom. The molecular formula is C21H33N3O5. The number of carbonyl (C=O) groups is 3. The molecule has 6 N–H and O–H groups in total. The Kier molecular flexibility index (Phi) is 9.26. The van der Waals surface area contributed by atoms with Crippen LogP contribution in [-0.2, 0) is 20.8 Å². The zero-order chi connectivity index (χ0) is 22.3. The van der Waals surface area contributed by atoms with E-state index in [1.54, 1.807) is 26.0 Å². The summed E-state index contributed by atoms with van der Waals surface area (Å²) in [4.78, 5) is 39.0. The van der Waals surface area contributed by atoms with E-state index in [1.165, 1.54) is 12.1 Å². The van der Waals surface area contributed by atoms with E-state index in [-0.39, 0.29) is 24.0 Å². The summed E-state index contributed by atoms with van der Waals surface area (Å²) in [6.45, 7) is 7.27. The zero-order valence-electron chi connectivity index (χ0n) is 17.5. The number of carboxylic acids is 1. The van der Waals surface area contributed by atoms with Crippen molar-refractivity contribution in [3.05, 3.63) is 29.8 Å². The number of amides is 2. The van der Waals surface area contributed by atoms with Gasteiger partial charge in [-0.15, -0.1) is 0 Å². The largest absolute Gasteiger partial charge is 0.508 e. The van der Waals surface area contributed by atoms with Crippen LogP contribution in [0.5, 0.6) is 5.75 Å². The van der Waals surface area contributed by atoms with Crippen molar-refractivity contribution in [3.63, 3.8) is 0 Å². The molecule has 1 rings (SSSR count). The number of phenolic OH excluding ortho intramolecular Hbond substituents is 1. The Balaban J connectivity index is 3.36. The van der Waals surface area contributed by atoms with Crippen LogP contribution < -0.4 is 11.5 Å². The van der Waals surface area contributed by atoms with Gasteiger partial charge in [0.2, 0.25) is 11.8 Å². The van der Waals surface area contributed by atoms with Crippen molar-refractivity contribution in [1.82, 2.24) is 4.90 Å². The number of carboxylic acid groups (broad SMARTS) is 1. The first-order valence-electron chi connectivity index (χ1n) is 9.93. The molecule has 1 aromatic carbocycles. The van der Waals surface area contributed by atoms with Gasteiger partial charge in [-0.05, 0) is 29.5 Å². The maximum atomic E-state index is 13.1. The van der Waals surface area contributed by atoms with Gasteiger partial charge in [-0.3, -0.25) is 14.5 Å². The molecule has 0 spiro atoms. The maximum Gasteiger partial charge on any atom is 0.327 e. The van der Waals surface area contributed by atoms with E-state index in [0.717, 1.165) is 4.90 Å². The first-order chi connectivity index (χ1) is 13.5. The van der Waals surface area contributed by atoms with Gasteiger partial charge in [0.25, 0.3) is 0 Å². The highest BCUT2D eigenvalue weighted by atomic mass is 16.4. The van der Waals surface area contributed by atoms with Gasteiger partial charge in [0.05, 0.1) is 12.1 Å². The van der Waals surface area contributed by atoms with Gasteiger partial charge >= 0.3 is 5.97 Å². The molecule has 0 aliphatic heterocycles. The summed E-state index contributed by atoms with van der Waals surface area (Å²) in [5, 5.41) is 19.3. The fourth-order valence-corrected chi connectivity index (χ4v) is 2.88. The number of nitrogens with two attached hydrogens (primary N) is 2. The summed E-state index contributed by atoms with van der Waals surface area (Å²) < 4.78 is 0. The molecule has 0 fully saturated rings. The molecule has 0 heterocycles. The van der Waals surface area contributed by atoms with Crippen LogP contribution >= 0.6 is 0 Å². The number of benzene rings is 1. The first kappa shape index (κ1) is 24.6. The van der Waals surface area contributed by atoms with Crippen LogP contribution in [0, 0.1) is 11.8 Å². The lowest BCUT2D eigenvalue weighted by Crippen LogP contribution is -2.60. The van der Waals surface area contributed by atoms with E-state index in [9.17, 15) is 24.6 Å². The van der Waals surface area contributed by atoms with Crippen molar-refractivity contribution >= 4 is 17.8 Å². The van der Waals surface area contributed by atoms with Crippen molar-refractivity contribution in [2.45, 2.75) is 65.1 Å². The second-order valence-electron chi connectivity index (χ2n) is 7.59. The molecular weight excluding hydrogens is 374 g/mol. The highest BCUT2D eigenvalue weighted by Crippen LogP contribution is 2.19. The average Bonchev–Trinajstić information content (AvgIpc) is 2.71. The third kappa shape index (κ3) is 6.27. The highest BCUT2D eigenvalue weighted by molar-refractivity contribution is 6.03. The van der Waals surface area contributed by atoms with Crippen LogP contribution in [0.2, 0.25) is 0 Å². The fraction of sp³-hybridized carbons (Fsp3) is 0.571. The van der Waals surface area contributed by atoms with Crippen LogP contribution in [0.1, 0.15) is 46.1 Å². The van der Waals surface area contributed by atoms with Crippen LogP contribution in [0.25, 0.3) is 0 Å². The van der Waals surface area contributed by atoms with Crippen LogP contribution in [-0.4, -0.2) is 51.0 Å². The summed E-state index contributed by atoms with van der Waals surface area (Å²) in [6, 6.07) is 2.42. The zero-order valence-corrected chi connectivity index (χ0v) is 17.5. The van der Waals surface area contributed by atoms with Crippen LogP contribution in [0.4, 0.5) is 0 Å². The fourth-order valence-electron chi connectivity index (χ4n) is 2.88. The van der Waals surface area contributed by atoms with Gasteiger partial charge < -0.3 is 21.7 Å². The second-order valence-corrected chi connectivity index (χ2v) is 7.59. The maximum absolute atomic E-state index is 13.1. The average molecular weight is 408 g/mol. The van der Waals surface area contributed by atoms with Crippen molar-refractivity contribution in [1.29, 1.82) is 0 Å². The molecule has 0 radical (unpaired) electrons. The Morgan fingerprint density at radius 2 is 1.34 bits per heavy atom. The third-order valence-electron chi connectivity index (χ3n) is 5.52. The molecule has 0 aliphatic rings. The number of carbonyl (C=O) groups excluding carboxylic acids is 2. The monoisotopic (exact) mass is 407 g/mol. The number of nitrogens with zero attached hydrogens (tertiary/aromatic N) is 1. The van der Waals surface area contributed by atoms with Crippen molar-refractivity contribution < 1.29 is 24.6 Å². The molecule has 162 valence electrons. The molecule has 8 nitrogen and oxygen atoms in total. The number of phenols is 1. The van der Waals surface area contributed by atoms with Crippen molar-refractivity contribution in [2.24, 2.45) is 23.3 Å². The van der Waals surface area contributed by atoms with E-state index >= 15 is 0 Å². The SMILES string of the molecule is CC[C@H](C)[C@H](N)C(=O)N(C(=O)[C@@H](N)[C@@H](C)CC)[C@@H](Cc1ccc(O)cc1)C(=O)O. The predicted molar refractivity (Wildman–Crippen MR) is 110 cm³/mol. The molecule has 0 saturated heterocycles. The predicted octanol–water partition coefficient (Wildman–Crippen LogP) is 1.49. The van der Waals surface area contributed by atoms with E-state index < -0.39 is 35.9 Å². The molecule has 1 aromatic rings. The number of hydrogen-bond acceptors (Lipinski definition) is 6. The molecule has 5 atom stereocenters. The van der Waals surface area contributed by atoms with Gasteiger partial charge in [-0.25, -0.2) is 4.79 Å². The molecule has 8 heteroatoms. The molecule has 2 amide bonds. The van der Waals surface area contributed by atoms with Gasteiger partial charge in [0, 0.05) is 6.42 Å². The minimum atomic E-state index is -1.45. The number of aromatic hydroxyl groups is 1. The molecule has 0 saturated carbocycles. The Morgan fingerprint density at radius 1 is 0.931 bits per heavy atom. The highest BCUT2D eigenvalue weighted by Gasteiger charge is 2.41. The molecule has 0 aliphatic carbocycles. The minimum Gasteiger partial charge on any atom is -0.508 e. The number of hydrogen-bond donors (Lipinski definition) is 4. The summed E-state index contributed by atoms with van der Waals surface area (Å²) in [7, 11) is 0. The Bertz CT molecular complexity index is 679. The summed E-state index contributed by atoms with van der Waals surface area (Å²) >= 11 is 0. The Hall–Kier alpha value is -2.45. The summed E-state index contributed by atoms with van der Waals surface area (Å²) in [6.07, 6.45) is 1.08. The Labute approximate surface area is 171 Å². The molecule has 0 aromatic heterocycles. The van der Waals surface area contributed by atoms with E-state index in [0.29, 0.717) is 18.4 Å². The topological polar surface area (TPSA) is 147 Å². The van der Waals surface area contributed by atoms with Crippen molar-refractivity contribution in [2.75, 3.05) is 0 Å². The van der Waals surface area contributed by atoms with Crippen molar-refractivity contribution in [3.8, 4) is 5.75 Å². The standard InChI is InChI=1S/C21H33N3O5/c1-5-12(3)17(22)19(26)24(20(27)18(23)13(4)6-2)16(21(28)29)11-14-7-9-15(25)10-8-14/h7-10,12-13,16-18,25H,5-6,11,22-23H2,1-4H3,(H,28,29)/t12-,13-,16-,17-,18-/m0/s1. The first-order valence-corrected chi connectivity index (χ1v) is 9.93. The molecule has 29 heavy (non-hydrogen) atoms. The van der Waals surface area contributed by atoms with Gasteiger partial charge in [0.1, 0.15) is 11.8 Å². The number of aliphatic carboxylic acids is 1. The normalized spacial score (nSPS) is 16.3. The number of imide groups is 1. The van der Waals surface area contributed by atoms with Gasteiger partial charge in [0.15, 0.2) is 0 Å². The molecule has 0 unspecified atom stereocenters. The number of rotatable bonds is 10. The van der Waals surface area contributed by atoms with Crippen LogP contribution in [0.3, 0.4) is 0 Å². The van der Waals surface area contributed by atoms with Gasteiger partial charge in [-0.2, -0.15) is 0 Å². The summed E-state index contributed by atoms with van der Waals surface area (Å²) in [5.74, 6) is -3.25. The van der Waals surface area contributed by atoms with Crippen LogP contribution in [0.15, 0.2) is 24.3 Å². The lowest BCUT2D eigenvalue weighted by Gasteiger charge is -2.34. The lowest BCUT2D eigenvalue weighted by molar-refractivity contribution is -0.160. The minimum absolute atomic E-state index is 0.0298. The van der Waals surface area contributed by atoms with E-state index in [4.69, 9.17) is 11.5 Å². The smallest absolute Gasteiger partial charge is 0.327 e. The quantitative estimate of drug-likeness (QED) is 0.459. The summed E-state index contributed by atoms with van der Waals surface area (Å²) in [5.41, 5.74) is 12.7. The second kappa shape index (κ2) is 10.9.